The molecule has 36 heavy (non-hydrogen) atoms. The number of amides is 3. The summed E-state index contributed by atoms with van der Waals surface area (Å²) in [5, 5.41) is 0.787. The lowest BCUT2D eigenvalue weighted by Gasteiger charge is -2.28. The summed E-state index contributed by atoms with van der Waals surface area (Å²) in [4.78, 5) is 48.3. The fourth-order valence-electron chi connectivity index (χ4n) is 3.84. The number of aromatic nitrogens is 2. The minimum Gasteiger partial charge on any atom is -0.436 e. The van der Waals surface area contributed by atoms with Gasteiger partial charge in [0.25, 0.3) is 17.0 Å². The molecule has 0 N–H and O–H groups in total. The van der Waals surface area contributed by atoms with Crippen LogP contribution in [0.15, 0.2) is 47.5 Å². The molecule has 0 radical (unpaired) electrons. The van der Waals surface area contributed by atoms with Crippen LogP contribution in [0, 0.1) is 5.82 Å². The summed E-state index contributed by atoms with van der Waals surface area (Å²) < 4.78 is 25.2. The van der Waals surface area contributed by atoms with Crippen molar-refractivity contribution in [1.82, 2.24) is 19.8 Å². The molecule has 5 rings (SSSR count). The Morgan fingerprint density at radius 1 is 1.19 bits per heavy atom. The molecular weight excluding hydrogens is 511 g/mol. The first-order valence-electron chi connectivity index (χ1n) is 10.9. The van der Waals surface area contributed by atoms with Crippen LogP contribution in [0.1, 0.15) is 5.56 Å². The van der Waals surface area contributed by atoms with Crippen LogP contribution in [0.5, 0.6) is 11.6 Å². The molecule has 3 amide bonds. The molecule has 2 aliphatic rings. The quantitative estimate of drug-likeness (QED) is 0.360. The highest BCUT2D eigenvalue weighted by atomic mass is 35.5. The lowest BCUT2D eigenvalue weighted by Crippen LogP contribution is -2.46. The normalized spacial score (nSPS) is 17.3. The molecule has 0 bridgehead atoms. The van der Waals surface area contributed by atoms with Gasteiger partial charge < -0.3 is 14.4 Å². The molecular formula is C24H18ClFN4O5S. The van der Waals surface area contributed by atoms with Crippen molar-refractivity contribution >= 4 is 57.3 Å². The Morgan fingerprint density at radius 2 is 1.97 bits per heavy atom. The Labute approximate surface area is 213 Å². The van der Waals surface area contributed by atoms with Crippen molar-refractivity contribution < 1.29 is 28.2 Å². The van der Waals surface area contributed by atoms with Crippen LogP contribution in [0.4, 0.5) is 9.18 Å². The molecule has 3 aromatic rings. The molecule has 0 aliphatic carbocycles. The molecule has 2 saturated heterocycles. The van der Waals surface area contributed by atoms with Crippen molar-refractivity contribution in [2.24, 2.45) is 0 Å². The maximum absolute atomic E-state index is 14.3. The highest BCUT2D eigenvalue weighted by Gasteiger charge is 2.37. The lowest BCUT2D eigenvalue weighted by molar-refractivity contribution is -0.139. The Bertz CT molecular complexity index is 1410. The molecule has 2 aromatic carbocycles. The number of nitrogens with zero attached hydrogens (tertiary/aromatic N) is 4. The molecule has 3 heterocycles. The Morgan fingerprint density at radius 3 is 2.78 bits per heavy atom. The third-order valence-corrected chi connectivity index (χ3v) is 6.72. The minimum atomic E-state index is -0.819. The highest BCUT2D eigenvalue weighted by molar-refractivity contribution is 8.18. The molecule has 0 unspecified atom stereocenters. The van der Waals surface area contributed by atoms with E-state index >= 15 is 0 Å². The molecule has 1 aromatic heterocycles. The van der Waals surface area contributed by atoms with Crippen LogP contribution in [0.2, 0.25) is 5.28 Å². The van der Waals surface area contributed by atoms with Gasteiger partial charge >= 0.3 is 0 Å². The first-order valence-corrected chi connectivity index (χ1v) is 12.1. The van der Waals surface area contributed by atoms with Gasteiger partial charge in [-0.25, -0.2) is 4.98 Å². The average molecular weight is 529 g/mol. The van der Waals surface area contributed by atoms with E-state index in [9.17, 15) is 18.8 Å². The van der Waals surface area contributed by atoms with E-state index in [0.717, 1.165) is 28.2 Å². The van der Waals surface area contributed by atoms with E-state index in [4.69, 9.17) is 21.1 Å². The largest absolute Gasteiger partial charge is 0.436 e. The highest BCUT2D eigenvalue weighted by Crippen LogP contribution is 2.38. The van der Waals surface area contributed by atoms with Crippen LogP contribution in [0.3, 0.4) is 0 Å². The van der Waals surface area contributed by atoms with Crippen LogP contribution in [-0.4, -0.2) is 69.7 Å². The first-order chi connectivity index (χ1) is 17.4. The number of carbonyl (C=O) groups is 3. The van der Waals surface area contributed by atoms with E-state index in [0.29, 0.717) is 37.3 Å². The van der Waals surface area contributed by atoms with E-state index in [2.05, 4.69) is 9.97 Å². The number of morpholine rings is 1. The number of halogens is 2. The Balaban J connectivity index is 1.48. The molecule has 2 fully saturated rings. The Kier molecular flexibility index (Phi) is 6.86. The molecule has 184 valence electrons. The second kappa shape index (κ2) is 10.2. The summed E-state index contributed by atoms with van der Waals surface area (Å²) in [6.07, 6.45) is 2.39. The van der Waals surface area contributed by atoms with Gasteiger partial charge in [0.2, 0.25) is 17.0 Å². The number of imide groups is 1. The van der Waals surface area contributed by atoms with E-state index in [1.54, 1.807) is 23.1 Å². The van der Waals surface area contributed by atoms with Gasteiger partial charge in [-0.1, -0.05) is 30.3 Å². The fraction of sp³-hybridized carbons (Fsp3) is 0.208. The van der Waals surface area contributed by atoms with Gasteiger partial charge in [0.1, 0.15) is 12.3 Å². The van der Waals surface area contributed by atoms with Crippen LogP contribution < -0.4 is 4.74 Å². The van der Waals surface area contributed by atoms with Crippen LogP contribution >= 0.6 is 23.4 Å². The van der Waals surface area contributed by atoms with Gasteiger partial charge in [-0.15, -0.1) is 0 Å². The first kappa shape index (κ1) is 24.2. The summed E-state index contributed by atoms with van der Waals surface area (Å²) in [5.74, 6) is -1.93. The summed E-state index contributed by atoms with van der Waals surface area (Å²) in [6, 6.07) is 10.7. The zero-order chi connectivity index (χ0) is 25.2. The maximum atomic E-state index is 14.3. The van der Waals surface area contributed by atoms with Crippen LogP contribution in [-0.2, 0) is 14.3 Å². The van der Waals surface area contributed by atoms with E-state index < -0.39 is 17.0 Å². The number of hydrogen-bond donors (Lipinski definition) is 0. The zero-order valence-corrected chi connectivity index (χ0v) is 20.2. The van der Waals surface area contributed by atoms with Crippen molar-refractivity contribution in [2.75, 3.05) is 32.8 Å². The third-order valence-electron chi connectivity index (χ3n) is 5.63. The van der Waals surface area contributed by atoms with Crippen molar-refractivity contribution in [1.29, 1.82) is 0 Å². The SMILES string of the molecule is O=C(CN1C(=O)S/C(=C/c2c(Oc3nc(Cl)ncc3F)ccc3ccccc23)C1=O)N1CCOCC1. The van der Waals surface area contributed by atoms with E-state index in [1.807, 2.05) is 18.2 Å². The van der Waals surface area contributed by atoms with Gasteiger partial charge in [0.15, 0.2) is 0 Å². The molecule has 0 atom stereocenters. The minimum absolute atomic E-state index is 0.108. The molecule has 0 saturated carbocycles. The number of hydrogen-bond acceptors (Lipinski definition) is 8. The fourth-order valence-corrected chi connectivity index (χ4v) is 4.78. The number of fused-ring (bicyclic) bond motifs is 1. The third kappa shape index (κ3) is 4.90. The van der Waals surface area contributed by atoms with Gasteiger partial charge in [0.05, 0.1) is 24.3 Å². The predicted molar refractivity (Wildman–Crippen MR) is 131 cm³/mol. The second-order valence-electron chi connectivity index (χ2n) is 7.85. The van der Waals surface area contributed by atoms with Gasteiger partial charge in [-0.05, 0) is 46.3 Å². The van der Waals surface area contributed by atoms with E-state index in [-0.39, 0.29) is 34.3 Å². The van der Waals surface area contributed by atoms with Gasteiger partial charge in [-0.3, -0.25) is 19.3 Å². The zero-order valence-electron chi connectivity index (χ0n) is 18.6. The lowest BCUT2D eigenvalue weighted by atomic mass is 10.0. The Hall–Kier alpha value is -3.54. The molecule has 2 aliphatic heterocycles. The van der Waals surface area contributed by atoms with Crippen molar-refractivity contribution in [2.45, 2.75) is 0 Å². The van der Waals surface area contributed by atoms with Crippen molar-refractivity contribution in [3.8, 4) is 11.6 Å². The summed E-state index contributed by atoms with van der Waals surface area (Å²) >= 11 is 6.52. The number of ether oxygens (including phenoxy) is 2. The predicted octanol–water partition coefficient (Wildman–Crippen LogP) is 4.11. The second-order valence-corrected chi connectivity index (χ2v) is 9.18. The average Bonchev–Trinajstić information content (AvgIpc) is 3.15. The summed E-state index contributed by atoms with van der Waals surface area (Å²) in [7, 11) is 0. The molecule has 12 heteroatoms. The van der Waals surface area contributed by atoms with Crippen molar-refractivity contribution in [3.63, 3.8) is 0 Å². The molecule has 0 spiro atoms. The topological polar surface area (TPSA) is 102 Å². The summed E-state index contributed by atoms with van der Waals surface area (Å²) in [5.41, 5.74) is 0.437. The van der Waals surface area contributed by atoms with E-state index in [1.165, 1.54) is 6.08 Å². The summed E-state index contributed by atoms with van der Waals surface area (Å²) in [6.45, 7) is 1.28. The van der Waals surface area contributed by atoms with Gasteiger partial charge in [0, 0.05) is 18.7 Å². The number of rotatable bonds is 5. The monoisotopic (exact) mass is 528 g/mol. The van der Waals surface area contributed by atoms with Crippen molar-refractivity contribution in [3.05, 3.63) is 64.2 Å². The standard InChI is InChI=1S/C24H18ClFN4O5S/c25-23-27-12-17(26)21(28-23)35-18-6-5-14-3-1-2-4-15(14)16(18)11-19-22(32)30(24(33)36-19)13-20(31)29-7-9-34-10-8-29/h1-6,11-12H,7-10,13H2/b19-11+. The smallest absolute Gasteiger partial charge is 0.294 e. The number of benzene rings is 2. The van der Waals surface area contributed by atoms with Crippen LogP contribution in [0.25, 0.3) is 16.8 Å². The number of carbonyl (C=O) groups excluding carboxylic acids is 3. The van der Waals surface area contributed by atoms with Gasteiger partial charge in [-0.2, -0.15) is 9.37 Å². The number of thioether (sulfide) groups is 1. The molecule has 9 nitrogen and oxygen atoms in total. The maximum Gasteiger partial charge on any atom is 0.294 e.